The van der Waals surface area contributed by atoms with Crippen LogP contribution >= 0.6 is 0 Å². The van der Waals surface area contributed by atoms with Crippen LogP contribution in [0.15, 0.2) is 6.20 Å². The number of rotatable bonds is 3. The molecule has 3 rings (SSSR count). The number of amides is 1. The fraction of sp³-hybridized carbons (Fsp3) is 0.562. The first-order valence-electron chi connectivity index (χ1n) is 7.84. The zero-order chi connectivity index (χ0) is 16.7. The zero-order valence-electron chi connectivity index (χ0n) is 14.3. The predicted molar refractivity (Wildman–Crippen MR) is 85.0 cm³/mol. The molecule has 0 saturated heterocycles. The van der Waals surface area contributed by atoms with Crippen LogP contribution in [0.4, 0.5) is 0 Å². The summed E-state index contributed by atoms with van der Waals surface area (Å²) >= 11 is 0. The lowest BCUT2D eigenvalue weighted by molar-refractivity contribution is -0.00906. The number of hydrogen-bond acceptors (Lipinski definition) is 4. The number of carbonyl (C=O) groups is 1. The molecule has 0 bridgehead atoms. The lowest BCUT2D eigenvalue weighted by atomic mass is 9.99. The standard InChI is InChI=1S/C16H23N5O2/c1-9-6-13-14(19-21(5)15(13)11(3)23-9)16(22)20(4)8-12-7-17-18-10(12)2/h7,9,11H,6,8H2,1-5H3,(H,17,18)/t9-,11+/m1/s1. The van der Waals surface area contributed by atoms with E-state index in [-0.39, 0.29) is 18.1 Å². The van der Waals surface area contributed by atoms with E-state index in [9.17, 15) is 4.79 Å². The summed E-state index contributed by atoms with van der Waals surface area (Å²) in [5.41, 5.74) is 4.53. The van der Waals surface area contributed by atoms with Gasteiger partial charge in [-0.15, -0.1) is 0 Å². The molecule has 3 heterocycles. The van der Waals surface area contributed by atoms with Gasteiger partial charge in [0.25, 0.3) is 5.91 Å². The molecule has 1 amide bonds. The van der Waals surface area contributed by atoms with Crippen molar-refractivity contribution in [3.8, 4) is 0 Å². The number of aromatic nitrogens is 4. The van der Waals surface area contributed by atoms with Crippen molar-refractivity contribution in [3.63, 3.8) is 0 Å². The largest absolute Gasteiger partial charge is 0.369 e. The SMILES string of the molecule is Cc1[nH]ncc1CN(C)C(=O)c1nn(C)c2c1C[C@@H](C)O[C@H]2C. The number of H-pyrrole nitrogens is 1. The average molecular weight is 317 g/mol. The molecular formula is C16H23N5O2. The first-order valence-corrected chi connectivity index (χ1v) is 7.84. The quantitative estimate of drug-likeness (QED) is 0.935. The number of aryl methyl sites for hydroxylation is 2. The summed E-state index contributed by atoms with van der Waals surface area (Å²) in [6.45, 7) is 6.49. The maximum atomic E-state index is 12.9. The summed E-state index contributed by atoms with van der Waals surface area (Å²) in [5.74, 6) is -0.0660. The van der Waals surface area contributed by atoms with Gasteiger partial charge in [-0.2, -0.15) is 10.2 Å². The Bertz CT molecular complexity index is 733. The van der Waals surface area contributed by atoms with E-state index in [0.29, 0.717) is 18.7 Å². The van der Waals surface area contributed by atoms with Gasteiger partial charge in [0.05, 0.1) is 24.1 Å². The molecule has 0 radical (unpaired) electrons. The molecule has 7 heteroatoms. The minimum atomic E-state index is -0.0660. The van der Waals surface area contributed by atoms with Crippen molar-refractivity contribution in [2.24, 2.45) is 7.05 Å². The van der Waals surface area contributed by atoms with Crippen molar-refractivity contribution in [2.75, 3.05) is 7.05 Å². The maximum Gasteiger partial charge on any atom is 0.274 e. The monoisotopic (exact) mass is 317 g/mol. The highest BCUT2D eigenvalue weighted by molar-refractivity contribution is 5.94. The van der Waals surface area contributed by atoms with E-state index in [1.165, 1.54) is 0 Å². The van der Waals surface area contributed by atoms with Gasteiger partial charge in [0.2, 0.25) is 0 Å². The van der Waals surface area contributed by atoms with E-state index >= 15 is 0 Å². The third-order valence-electron chi connectivity index (χ3n) is 4.40. The first kappa shape index (κ1) is 15.7. The summed E-state index contributed by atoms with van der Waals surface area (Å²) in [7, 11) is 3.66. The molecule has 0 aromatic carbocycles. The van der Waals surface area contributed by atoms with Gasteiger partial charge in [0.15, 0.2) is 5.69 Å². The topological polar surface area (TPSA) is 76.0 Å². The molecule has 1 aliphatic rings. The van der Waals surface area contributed by atoms with E-state index in [1.807, 2.05) is 27.8 Å². The Labute approximate surface area is 135 Å². The normalized spacial score (nSPS) is 20.4. The third-order valence-corrected chi connectivity index (χ3v) is 4.40. The Hall–Kier alpha value is -2.15. The Morgan fingerprint density at radius 2 is 2.26 bits per heavy atom. The van der Waals surface area contributed by atoms with Crippen LogP contribution < -0.4 is 0 Å². The molecule has 124 valence electrons. The average Bonchev–Trinajstić information content (AvgIpc) is 3.02. The van der Waals surface area contributed by atoms with Crippen LogP contribution in [-0.2, 0) is 24.8 Å². The second-order valence-corrected chi connectivity index (χ2v) is 6.31. The Morgan fingerprint density at radius 3 is 2.91 bits per heavy atom. The van der Waals surface area contributed by atoms with Crippen molar-refractivity contribution >= 4 is 5.91 Å². The number of nitrogens with zero attached hydrogens (tertiary/aromatic N) is 4. The maximum absolute atomic E-state index is 12.9. The number of hydrogen-bond donors (Lipinski definition) is 1. The third kappa shape index (κ3) is 2.76. The fourth-order valence-electron chi connectivity index (χ4n) is 3.25. The van der Waals surface area contributed by atoms with Crippen LogP contribution in [-0.4, -0.2) is 43.9 Å². The Kier molecular flexibility index (Phi) is 3.97. The van der Waals surface area contributed by atoms with E-state index < -0.39 is 0 Å². The van der Waals surface area contributed by atoms with Crippen LogP contribution in [0.25, 0.3) is 0 Å². The van der Waals surface area contributed by atoms with Gasteiger partial charge < -0.3 is 9.64 Å². The van der Waals surface area contributed by atoms with Gasteiger partial charge in [-0.3, -0.25) is 14.6 Å². The van der Waals surface area contributed by atoms with Crippen LogP contribution in [0, 0.1) is 6.92 Å². The molecule has 2 aromatic rings. The molecule has 0 spiro atoms. The summed E-state index contributed by atoms with van der Waals surface area (Å²) in [5, 5.41) is 11.4. The smallest absolute Gasteiger partial charge is 0.274 e. The van der Waals surface area contributed by atoms with Crippen LogP contribution in [0.1, 0.15) is 53.0 Å². The van der Waals surface area contributed by atoms with Crippen molar-refractivity contribution in [1.29, 1.82) is 0 Å². The van der Waals surface area contributed by atoms with Gasteiger partial charge in [0.1, 0.15) is 0 Å². The molecule has 1 aliphatic heterocycles. The molecule has 0 saturated carbocycles. The molecule has 2 atom stereocenters. The van der Waals surface area contributed by atoms with E-state index in [2.05, 4.69) is 15.3 Å². The highest BCUT2D eigenvalue weighted by atomic mass is 16.5. The molecule has 0 fully saturated rings. The molecule has 1 N–H and O–H groups in total. The fourth-order valence-corrected chi connectivity index (χ4v) is 3.25. The summed E-state index contributed by atoms with van der Waals surface area (Å²) < 4.78 is 7.62. The highest BCUT2D eigenvalue weighted by Crippen LogP contribution is 2.32. The number of carbonyl (C=O) groups excluding carboxylic acids is 1. The summed E-state index contributed by atoms with van der Waals surface area (Å²) in [4.78, 5) is 14.5. The van der Waals surface area contributed by atoms with E-state index in [4.69, 9.17) is 4.74 Å². The summed E-state index contributed by atoms with van der Waals surface area (Å²) in [6.07, 6.45) is 2.52. The van der Waals surface area contributed by atoms with Gasteiger partial charge in [-0.05, 0) is 20.8 Å². The molecule has 0 unspecified atom stereocenters. The van der Waals surface area contributed by atoms with Crippen LogP contribution in [0.5, 0.6) is 0 Å². The van der Waals surface area contributed by atoms with E-state index in [0.717, 1.165) is 22.5 Å². The van der Waals surface area contributed by atoms with Gasteiger partial charge in [-0.25, -0.2) is 0 Å². The van der Waals surface area contributed by atoms with Crippen LogP contribution in [0.3, 0.4) is 0 Å². The lowest BCUT2D eigenvalue weighted by Gasteiger charge is -2.26. The zero-order valence-corrected chi connectivity index (χ0v) is 14.3. The minimum absolute atomic E-state index is 0.0470. The number of ether oxygens (including phenoxy) is 1. The van der Waals surface area contributed by atoms with Crippen molar-refractivity contribution in [3.05, 3.63) is 34.4 Å². The number of aromatic amines is 1. The lowest BCUT2D eigenvalue weighted by Crippen LogP contribution is -2.29. The van der Waals surface area contributed by atoms with Crippen LogP contribution in [0.2, 0.25) is 0 Å². The molecule has 23 heavy (non-hydrogen) atoms. The predicted octanol–water partition coefficient (Wildman–Crippen LogP) is 1.75. The Morgan fingerprint density at radius 1 is 1.52 bits per heavy atom. The van der Waals surface area contributed by atoms with Gasteiger partial charge in [-0.1, -0.05) is 0 Å². The second-order valence-electron chi connectivity index (χ2n) is 6.31. The highest BCUT2D eigenvalue weighted by Gasteiger charge is 2.32. The van der Waals surface area contributed by atoms with Crippen molar-refractivity contribution in [1.82, 2.24) is 24.9 Å². The van der Waals surface area contributed by atoms with Crippen molar-refractivity contribution in [2.45, 2.75) is 45.9 Å². The molecular weight excluding hydrogens is 294 g/mol. The second kappa shape index (κ2) is 5.81. The summed E-state index contributed by atoms with van der Waals surface area (Å²) in [6, 6.07) is 0. The minimum Gasteiger partial charge on any atom is -0.369 e. The van der Waals surface area contributed by atoms with Gasteiger partial charge >= 0.3 is 0 Å². The molecule has 0 aliphatic carbocycles. The first-order chi connectivity index (χ1) is 10.9. The Balaban J connectivity index is 1.88. The number of fused-ring (bicyclic) bond motifs is 1. The number of nitrogens with one attached hydrogen (secondary N) is 1. The molecule has 7 nitrogen and oxygen atoms in total. The van der Waals surface area contributed by atoms with E-state index in [1.54, 1.807) is 22.8 Å². The molecule has 2 aromatic heterocycles. The van der Waals surface area contributed by atoms with Crippen molar-refractivity contribution < 1.29 is 9.53 Å². The van der Waals surface area contributed by atoms with Gasteiger partial charge in [0, 0.05) is 43.9 Å².